The van der Waals surface area contributed by atoms with Crippen molar-refractivity contribution in [2.24, 2.45) is 0 Å². The average molecular weight is 305 g/mol. The molecule has 21 heavy (non-hydrogen) atoms. The van der Waals surface area contributed by atoms with Crippen molar-refractivity contribution in [2.45, 2.75) is 37.7 Å². The van der Waals surface area contributed by atoms with Crippen molar-refractivity contribution >= 4 is 23.1 Å². The summed E-state index contributed by atoms with van der Waals surface area (Å²) in [7, 11) is 0. The van der Waals surface area contributed by atoms with Gasteiger partial charge >= 0.3 is 0 Å². The van der Waals surface area contributed by atoms with Crippen LogP contribution in [0.1, 0.15) is 25.5 Å². The molecule has 2 atom stereocenters. The van der Waals surface area contributed by atoms with Gasteiger partial charge in [-0.1, -0.05) is 6.07 Å². The molecule has 0 spiro atoms. The van der Waals surface area contributed by atoms with Crippen LogP contribution in [0.25, 0.3) is 5.65 Å². The number of hydrogen-bond donors (Lipinski definition) is 0. The predicted octanol–water partition coefficient (Wildman–Crippen LogP) is 2.75. The summed E-state index contributed by atoms with van der Waals surface area (Å²) in [6.07, 6.45) is 4.70. The fourth-order valence-corrected chi connectivity index (χ4v) is 4.12. The van der Waals surface area contributed by atoms with Gasteiger partial charge in [0.1, 0.15) is 5.65 Å². The molecule has 2 aromatic heterocycles. The first-order valence-corrected chi connectivity index (χ1v) is 8.34. The topological polar surface area (TPSA) is 23.8 Å². The first-order valence-electron chi connectivity index (χ1n) is 7.80. The number of hydrogen-bond acceptors (Lipinski definition) is 3. The Balaban J connectivity index is 1.75. The lowest BCUT2D eigenvalue weighted by Gasteiger charge is -2.42. The molecule has 112 valence electrons. The molecule has 4 nitrogen and oxygen atoms in total. The summed E-state index contributed by atoms with van der Waals surface area (Å²) in [5.41, 5.74) is 2.11. The summed E-state index contributed by atoms with van der Waals surface area (Å²) in [4.78, 5) is 9.96. The minimum absolute atomic E-state index is 0.492. The highest BCUT2D eigenvalue weighted by Crippen LogP contribution is 2.31. The molecule has 2 fully saturated rings. The lowest BCUT2D eigenvalue weighted by atomic mass is 10.1. The number of anilines is 1. The van der Waals surface area contributed by atoms with Gasteiger partial charge in [-0.05, 0) is 38.4 Å². The Morgan fingerprint density at radius 1 is 1.33 bits per heavy atom. The first kappa shape index (κ1) is 13.4. The van der Waals surface area contributed by atoms with Crippen LogP contribution in [0.4, 0.5) is 5.82 Å². The Morgan fingerprint density at radius 2 is 2.24 bits per heavy atom. The fraction of sp³-hybridized carbons (Fsp3) is 0.562. The second-order valence-electron chi connectivity index (χ2n) is 6.24. The van der Waals surface area contributed by atoms with Gasteiger partial charge in [-0.25, -0.2) is 4.98 Å². The molecular formula is C16H21ClN4. The smallest absolute Gasteiger partial charge is 0.152 e. The molecule has 2 aromatic rings. The Morgan fingerprint density at radius 3 is 3.10 bits per heavy atom. The third-order valence-electron chi connectivity index (χ3n) is 4.94. The molecule has 2 unspecified atom stereocenters. The summed E-state index contributed by atoms with van der Waals surface area (Å²) < 4.78 is 2.12. The number of rotatable bonds is 2. The SMILES string of the molecule is CC1CN2CCCC2CN1c1nc2ccccn2c1CCl. The van der Waals surface area contributed by atoms with E-state index < -0.39 is 0 Å². The predicted molar refractivity (Wildman–Crippen MR) is 86.2 cm³/mol. The van der Waals surface area contributed by atoms with E-state index in [4.69, 9.17) is 16.6 Å². The molecule has 0 bridgehead atoms. The zero-order valence-electron chi connectivity index (χ0n) is 12.4. The van der Waals surface area contributed by atoms with Crippen molar-refractivity contribution in [2.75, 3.05) is 24.5 Å². The van der Waals surface area contributed by atoms with Crippen LogP contribution in [0.2, 0.25) is 0 Å². The largest absolute Gasteiger partial charge is 0.349 e. The third kappa shape index (κ3) is 2.12. The highest BCUT2D eigenvalue weighted by atomic mass is 35.5. The van der Waals surface area contributed by atoms with E-state index in [9.17, 15) is 0 Å². The number of halogens is 1. The molecule has 0 aliphatic carbocycles. The van der Waals surface area contributed by atoms with Crippen LogP contribution < -0.4 is 4.90 Å². The molecule has 2 aliphatic heterocycles. The molecule has 0 radical (unpaired) electrons. The van der Waals surface area contributed by atoms with Gasteiger partial charge in [0.15, 0.2) is 5.82 Å². The number of imidazole rings is 1. The van der Waals surface area contributed by atoms with Gasteiger partial charge in [0.2, 0.25) is 0 Å². The van der Waals surface area contributed by atoms with Crippen molar-refractivity contribution < 1.29 is 0 Å². The third-order valence-corrected chi connectivity index (χ3v) is 5.20. The van der Waals surface area contributed by atoms with Crippen LogP contribution in [0, 0.1) is 0 Å². The van der Waals surface area contributed by atoms with E-state index in [0.29, 0.717) is 18.0 Å². The maximum absolute atomic E-state index is 6.23. The van der Waals surface area contributed by atoms with E-state index in [1.54, 1.807) is 0 Å². The number of nitrogens with zero attached hydrogens (tertiary/aromatic N) is 4. The highest BCUT2D eigenvalue weighted by Gasteiger charge is 2.36. The molecule has 0 N–H and O–H groups in total. The van der Waals surface area contributed by atoms with E-state index in [1.165, 1.54) is 19.4 Å². The Kier molecular flexibility index (Phi) is 3.31. The molecule has 0 aromatic carbocycles. The van der Waals surface area contributed by atoms with E-state index in [-0.39, 0.29) is 0 Å². The molecule has 4 rings (SSSR count). The summed E-state index contributed by atoms with van der Waals surface area (Å²) in [6, 6.07) is 7.30. The summed E-state index contributed by atoms with van der Waals surface area (Å²) in [5.74, 6) is 1.58. The maximum atomic E-state index is 6.23. The van der Waals surface area contributed by atoms with Crippen molar-refractivity contribution in [1.29, 1.82) is 0 Å². The van der Waals surface area contributed by atoms with Crippen LogP contribution in [0.5, 0.6) is 0 Å². The summed E-state index contributed by atoms with van der Waals surface area (Å²) in [6.45, 7) is 5.78. The zero-order chi connectivity index (χ0) is 14.4. The van der Waals surface area contributed by atoms with Crippen LogP contribution in [0.3, 0.4) is 0 Å². The van der Waals surface area contributed by atoms with Crippen molar-refractivity contribution in [3.05, 3.63) is 30.1 Å². The molecular weight excluding hydrogens is 284 g/mol. The lowest BCUT2D eigenvalue weighted by molar-refractivity contribution is 0.202. The van der Waals surface area contributed by atoms with Gasteiger partial charge in [-0.3, -0.25) is 4.90 Å². The number of alkyl halides is 1. The van der Waals surface area contributed by atoms with Gasteiger partial charge < -0.3 is 9.30 Å². The van der Waals surface area contributed by atoms with Gasteiger partial charge in [0.05, 0.1) is 11.6 Å². The van der Waals surface area contributed by atoms with Crippen LogP contribution in [-0.2, 0) is 5.88 Å². The molecule has 2 saturated heterocycles. The monoisotopic (exact) mass is 304 g/mol. The van der Waals surface area contributed by atoms with Gasteiger partial charge in [-0.15, -0.1) is 11.6 Å². The second kappa shape index (κ2) is 5.18. The number of pyridine rings is 1. The molecule has 0 amide bonds. The lowest BCUT2D eigenvalue weighted by Crippen LogP contribution is -2.55. The van der Waals surface area contributed by atoms with E-state index in [2.05, 4.69) is 33.4 Å². The Hall–Kier alpha value is -1.26. The number of piperazine rings is 1. The highest BCUT2D eigenvalue weighted by molar-refractivity contribution is 6.17. The Labute approximate surface area is 130 Å². The van der Waals surface area contributed by atoms with Gasteiger partial charge in [0.25, 0.3) is 0 Å². The number of aromatic nitrogens is 2. The molecule has 4 heterocycles. The maximum Gasteiger partial charge on any atom is 0.152 e. The van der Waals surface area contributed by atoms with Crippen LogP contribution in [0.15, 0.2) is 24.4 Å². The van der Waals surface area contributed by atoms with E-state index >= 15 is 0 Å². The zero-order valence-corrected chi connectivity index (χ0v) is 13.1. The standard InChI is InChI=1S/C16H21ClN4/c1-12-10-19-7-4-5-13(19)11-21(12)16-14(9-17)20-8-3-2-6-15(20)18-16/h2-3,6,8,12-13H,4-5,7,9-11H2,1H3. The minimum Gasteiger partial charge on any atom is -0.349 e. The number of fused-ring (bicyclic) bond motifs is 2. The second-order valence-corrected chi connectivity index (χ2v) is 6.50. The quantitative estimate of drug-likeness (QED) is 0.797. The van der Waals surface area contributed by atoms with Crippen molar-refractivity contribution in [3.8, 4) is 0 Å². The van der Waals surface area contributed by atoms with Gasteiger partial charge in [-0.2, -0.15) is 0 Å². The van der Waals surface area contributed by atoms with E-state index in [1.807, 2.05) is 12.1 Å². The molecule has 5 heteroatoms. The van der Waals surface area contributed by atoms with Gasteiger partial charge in [0, 0.05) is 31.4 Å². The molecule has 0 saturated carbocycles. The Bertz CT molecular complexity index is 653. The summed E-state index contributed by atoms with van der Waals surface area (Å²) >= 11 is 6.23. The van der Waals surface area contributed by atoms with Crippen LogP contribution in [-0.4, -0.2) is 46.0 Å². The normalized spacial score (nSPS) is 26.5. The molecule has 2 aliphatic rings. The van der Waals surface area contributed by atoms with E-state index in [0.717, 1.165) is 30.2 Å². The van der Waals surface area contributed by atoms with Crippen molar-refractivity contribution in [1.82, 2.24) is 14.3 Å². The minimum atomic E-state index is 0.492. The average Bonchev–Trinajstić information content (AvgIpc) is 3.08. The van der Waals surface area contributed by atoms with Crippen LogP contribution >= 0.6 is 11.6 Å². The van der Waals surface area contributed by atoms with Crippen molar-refractivity contribution in [3.63, 3.8) is 0 Å². The summed E-state index contributed by atoms with van der Waals surface area (Å²) in [5, 5.41) is 0. The fourth-order valence-electron chi connectivity index (χ4n) is 3.87. The first-order chi connectivity index (χ1) is 10.3.